The highest BCUT2D eigenvalue weighted by atomic mass is 19.4. The Balaban J connectivity index is 1.39. The topological polar surface area (TPSA) is 72.7 Å². The summed E-state index contributed by atoms with van der Waals surface area (Å²) in [7, 11) is 3.46. The Morgan fingerprint density at radius 2 is 1.90 bits per heavy atom. The second kappa shape index (κ2) is 11.1. The number of pyridine rings is 1. The molecule has 0 spiro atoms. The molecule has 2 aliphatic carbocycles. The molecule has 2 saturated carbocycles. The first kappa shape index (κ1) is 27.4. The number of rotatable bonds is 9. The smallest absolute Gasteiger partial charge is 0.352 e. The van der Waals surface area contributed by atoms with Gasteiger partial charge in [0.25, 0.3) is 5.91 Å². The largest absolute Gasteiger partial charge is 0.391 e. The number of amides is 1. The van der Waals surface area contributed by atoms with Crippen LogP contribution < -0.4 is 4.90 Å². The Hall–Kier alpha value is -3.16. The van der Waals surface area contributed by atoms with E-state index in [4.69, 9.17) is 9.82 Å². The summed E-state index contributed by atoms with van der Waals surface area (Å²) in [5, 5.41) is 11.8. The van der Waals surface area contributed by atoms with Crippen molar-refractivity contribution in [1.82, 2.24) is 14.9 Å². The molecule has 2 heterocycles. The van der Waals surface area contributed by atoms with E-state index in [2.05, 4.69) is 11.0 Å². The number of nitrogens with zero attached hydrogens (tertiary/aromatic N) is 5. The van der Waals surface area contributed by atoms with E-state index in [9.17, 15) is 23.2 Å². The average Bonchev–Trinajstić information content (AvgIpc) is 3.81. The van der Waals surface area contributed by atoms with E-state index < -0.39 is 12.6 Å². The van der Waals surface area contributed by atoms with Crippen molar-refractivity contribution < 1.29 is 22.8 Å². The number of aromatic nitrogens is 1. The molecule has 1 atom stereocenters. The molecule has 208 valence electrons. The normalized spacial score (nSPS) is 20.1. The number of hydrogen-bond donors (Lipinski definition) is 0. The van der Waals surface area contributed by atoms with Crippen LogP contribution in [0.2, 0.25) is 0 Å². The van der Waals surface area contributed by atoms with Crippen LogP contribution in [-0.2, 0) is 11.3 Å². The van der Waals surface area contributed by atoms with Gasteiger partial charge in [-0.25, -0.2) is 4.98 Å². The maximum Gasteiger partial charge on any atom is 0.391 e. The third kappa shape index (κ3) is 6.53. The fraction of sp³-hybridized carbons (Fsp3) is 0.552. The number of piperazine rings is 1. The molecule has 0 N–H and O–H groups in total. The van der Waals surface area contributed by atoms with Gasteiger partial charge in [-0.3, -0.25) is 9.63 Å². The monoisotopic (exact) mass is 541 g/mol. The van der Waals surface area contributed by atoms with Crippen LogP contribution in [0.1, 0.15) is 70.8 Å². The Kier molecular flexibility index (Phi) is 7.83. The van der Waals surface area contributed by atoms with Crippen LogP contribution in [0.3, 0.4) is 0 Å². The molecule has 0 radical (unpaired) electrons. The summed E-state index contributed by atoms with van der Waals surface area (Å²) < 4.78 is 38.0. The first-order valence-corrected chi connectivity index (χ1v) is 13.6. The molecule has 1 aromatic heterocycles. The number of carbonyl (C=O) groups is 1. The summed E-state index contributed by atoms with van der Waals surface area (Å²) >= 11 is 0. The molecule has 2 aromatic rings. The second-order valence-electron chi connectivity index (χ2n) is 11.0. The molecular formula is C29H34F3N5O2. The van der Waals surface area contributed by atoms with Crippen molar-refractivity contribution in [1.29, 1.82) is 5.26 Å². The number of nitriles is 1. The van der Waals surface area contributed by atoms with Gasteiger partial charge in [-0.05, 0) is 54.9 Å². The highest BCUT2D eigenvalue weighted by molar-refractivity contribution is 5.95. The number of halogens is 3. The zero-order valence-corrected chi connectivity index (χ0v) is 22.4. The quantitative estimate of drug-likeness (QED) is 0.449. The maximum absolute atomic E-state index is 12.8. The summed E-state index contributed by atoms with van der Waals surface area (Å²) in [4.78, 5) is 27.1. The SMILES string of the molecule is CN(C)C(=O)c1ccccc1Cc1cc(C#N)c(N2CCN(OCCC(F)(F)F)C(C3CC3)C2)nc1C1CC1. The van der Waals surface area contributed by atoms with Crippen LogP contribution in [-0.4, -0.2) is 73.4 Å². The van der Waals surface area contributed by atoms with Crippen molar-refractivity contribution in [3.63, 3.8) is 0 Å². The summed E-state index contributed by atoms with van der Waals surface area (Å²) in [5.41, 5.74) is 3.95. The maximum atomic E-state index is 12.8. The van der Waals surface area contributed by atoms with Crippen LogP contribution in [0.25, 0.3) is 0 Å². The molecule has 1 saturated heterocycles. The number of benzene rings is 1. The lowest BCUT2D eigenvalue weighted by atomic mass is 9.95. The van der Waals surface area contributed by atoms with Crippen molar-refractivity contribution in [3.05, 3.63) is 58.3 Å². The fourth-order valence-corrected chi connectivity index (χ4v) is 5.35. The van der Waals surface area contributed by atoms with Crippen LogP contribution >= 0.6 is 0 Å². The summed E-state index contributed by atoms with van der Waals surface area (Å²) in [6.45, 7) is 1.14. The average molecular weight is 542 g/mol. The minimum atomic E-state index is -4.25. The molecule has 3 aliphatic rings. The molecule has 3 fully saturated rings. The number of alkyl halides is 3. The highest BCUT2D eigenvalue weighted by Gasteiger charge is 2.41. The predicted molar refractivity (Wildman–Crippen MR) is 140 cm³/mol. The van der Waals surface area contributed by atoms with E-state index >= 15 is 0 Å². The van der Waals surface area contributed by atoms with Crippen molar-refractivity contribution in [2.24, 2.45) is 5.92 Å². The Labute approximate surface area is 227 Å². The Morgan fingerprint density at radius 3 is 2.54 bits per heavy atom. The van der Waals surface area contributed by atoms with Gasteiger partial charge < -0.3 is 9.80 Å². The van der Waals surface area contributed by atoms with Crippen LogP contribution in [0.4, 0.5) is 19.0 Å². The van der Waals surface area contributed by atoms with Crippen molar-refractivity contribution in [2.45, 2.75) is 56.7 Å². The van der Waals surface area contributed by atoms with Crippen LogP contribution in [0.15, 0.2) is 30.3 Å². The van der Waals surface area contributed by atoms with Gasteiger partial charge >= 0.3 is 6.18 Å². The Bertz CT molecular complexity index is 1250. The third-order valence-electron chi connectivity index (χ3n) is 7.71. The molecule has 7 nitrogen and oxygen atoms in total. The first-order valence-electron chi connectivity index (χ1n) is 13.6. The van der Waals surface area contributed by atoms with Crippen LogP contribution in [0.5, 0.6) is 0 Å². The minimum Gasteiger partial charge on any atom is -0.352 e. The molecule has 39 heavy (non-hydrogen) atoms. The minimum absolute atomic E-state index is 0.0340. The summed E-state index contributed by atoms with van der Waals surface area (Å²) in [6, 6.07) is 11.8. The fourth-order valence-electron chi connectivity index (χ4n) is 5.35. The predicted octanol–water partition coefficient (Wildman–Crippen LogP) is 4.91. The van der Waals surface area contributed by atoms with Crippen molar-refractivity contribution >= 4 is 11.7 Å². The van der Waals surface area contributed by atoms with Gasteiger partial charge in [0, 0.05) is 57.3 Å². The Morgan fingerprint density at radius 1 is 1.15 bits per heavy atom. The number of hydroxylamine groups is 2. The van der Waals surface area contributed by atoms with E-state index in [0.29, 0.717) is 54.8 Å². The van der Waals surface area contributed by atoms with E-state index in [-0.39, 0.29) is 18.6 Å². The number of carbonyl (C=O) groups excluding carboxylic acids is 1. The molecule has 1 aromatic carbocycles. The lowest BCUT2D eigenvalue weighted by Crippen LogP contribution is -2.54. The molecule has 1 unspecified atom stereocenters. The van der Waals surface area contributed by atoms with Gasteiger partial charge in [0.2, 0.25) is 0 Å². The van der Waals surface area contributed by atoms with Gasteiger partial charge in [0.15, 0.2) is 0 Å². The first-order chi connectivity index (χ1) is 18.6. The zero-order chi connectivity index (χ0) is 27.7. The van der Waals surface area contributed by atoms with Gasteiger partial charge in [0.1, 0.15) is 11.9 Å². The van der Waals surface area contributed by atoms with Gasteiger partial charge in [-0.1, -0.05) is 18.2 Å². The lowest BCUT2D eigenvalue weighted by molar-refractivity contribution is -0.220. The second-order valence-corrected chi connectivity index (χ2v) is 11.0. The van der Waals surface area contributed by atoms with Crippen molar-refractivity contribution in [2.75, 3.05) is 45.2 Å². The van der Waals surface area contributed by atoms with Gasteiger partial charge in [0.05, 0.1) is 24.6 Å². The van der Waals surface area contributed by atoms with Crippen molar-refractivity contribution in [3.8, 4) is 6.07 Å². The summed E-state index contributed by atoms with van der Waals surface area (Å²) in [5.74, 6) is 1.28. The van der Waals surface area contributed by atoms with E-state index in [1.807, 2.05) is 30.3 Å². The van der Waals surface area contributed by atoms with Crippen LogP contribution in [0, 0.1) is 17.2 Å². The molecule has 0 bridgehead atoms. The van der Waals surface area contributed by atoms with Gasteiger partial charge in [-0.15, -0.1) is 0 Å². The standard InChI is InChI=1S/C29H34F3N5O2/c1-35(2)28(38)24-6-4-3-5-21(24)15-22-16-23(17-33)27(34-26(22)20-9-10-20)36-12-13-37(25(18-36)19-7-8-19)39-14-11-29(30,31)32/h3-6,16,19-20,25H,7-15,18H2,1-2H3. The third-order valence-corrected chi connectivity index (χ3v) is 7.71. The number of hydrogen-bond acceptors (Lipinski definition) is 6. The molecule has 1 aliphatic heterocycles. The zero-order valence-electron chi connectivity index (χ0n) is 22.4. The van der Waals surface area contributed by atoms with E-state index in [1.54, 1.807) is 24.1 Å². The lowest BCUT2D eigenvalue weighted by Gasteiger charge is -2.41. The highest BCUT2D eigenvalue weighted by Crippen LogP contribution is 2.43. The molecule has 10 heteroatoms. The van der Waals surface area contributed by atoms with E-state index in [1.165, 1.54) is 0 Å². The molecule has 5 rings (SSSR count). The number of anilines is 1. The summed E-state index contributed by atoms with van der Waals surface area (Å²) in [6.07, 6.45) is -0.593. The van der Waals surface area contributed by atoms with E-state index in [0.717, 1.165) is 42.5 Å². The molecule has 1 amide bonds. The molecular weight excluding hydrogens is 507 g/mol. The van der Waals surface area contributed by atoms with Gasteiger partial charge in [-0.2, -0.15) is 23.5 Å².